The van der Waals surface area contributed by atoms with Crippen LogP contribution in [0.1, 0.15) is 38.8 Å². The van der Waals surface area contributed by atoms with Gasteiger partial charge in [-0.25, -0.2) is 0 Å². The molecule has 0 atom stereocenters. The Bertz CT molecular complexity index is 839. The lowest BCUT2D eigenvalue weighted by molar-refractivity contribution is 0.0535. The van der Waals surface area contributed by atoms with E-state index in [0.29, 0.717) is 43.9 Å². The highest BCUT2D eigenvalue weighted by Crippen LogP contribution is 2.21. The van der Waals surface area contributed by atoms with E-state index in [1.807, 2.05) is 73.0 Å². The zero-order chi connectivity index (χ0) is 19.4. The first-order chi connectivity index (χ1) is 13.0. The highest BCUT2D eigenvalue weighted by molar-refractivity contribution is 5.96. The molecule has 0 bridgehead atoms. The Morgan fingerprint density at radius 1 is 0.889 bits per heavy atom. The van der Waals surface area contributed by atoms with Gasteiger partial charge < -0.3 is 14.5 Å². The van der Waals surface area contributed by atoms with E-state index in [9.17, 15) is 9.59 Å². The summed E-state index contributed by atoms with van der Waals surface area (Å²) in [7, 11) is 0. The first kappa shape index (κ1) is 19.0. The number of carbonyl (C=O) groups excluding carboxylic acids is 2. The van der Waals surface area contributed by atoms with Crippen molar-refractivity contribution in [3.8, 4) is 5.75 Å². The Labute approximate surface area is 160 Å². The molecule has 0 aromatic heterocycles. The number of benzene rings is 2. The SMILES string of the molecule is CCOc1ccc(C(=O)N2CCN(C(=O)c3cccc(C)c3)CC2)cc1C. The van der Waals surface area contributed by atoms with Crippen LogP contribution < -0.4 is 4.74 Å². The number of hydrogen-bond acceptors (Lipinski definition) is 3. The molecule has 0 radical (unpaired) electrons. The molecule has 2 amide bonds. The van der Waals surface area contributed by atoms with Gasteiger partial charge in [-0.15, -0.1) is 0 Å². The number of carbonyl (C=O) groups is 2. The van der Waals surface area contributed by atoms with Gasteiger partial charge >= 0.3 is 0 Å². The summed E-state index contributed by atoms with van der Waals surface area (Å²) in [6, 6.07) is 13.2. The minimum atomic E-state index is 0.00352. The lowest BCUT2D eigenvalue weighted by atomic mass is 10.1. The molecule has 1 heterocycles. The summed E-state index contributed by atoms with van der Waals surface area (Å²) >= 11 is 0. The van der Waals surface area contributed by atoms with Crippen molar-refractivity contribution < 1.29 is 14.3 Å². The molecule has 1 saturated heterocycles. The van der Waals surface area contributed by atoms with E-state index in [0.717, 1.165) is 16.9 Å². The highest BCUT2D eigenvalue weighted by Gasteiger charge is 2.25. The standard InChI is InChI=1S/C22H26N2O3/c1-4-27-20-9-8-19(15-17(20)3)22(26)24-12-10-23(11-13-24)21(25)18-7-5-6-16(2)14-18/h5-9,14-15H,4,10-13H2,1-3H3. The molecule has 1 aliphatic rings. The number of nitrogens with zero attached hydrogens (tertiary/aromatic N) is 2. The average molecular weight is 366 g/mol. The molecule has 0 spiro atoms. The van der Waals surface area contributed by atoms with E-state index in [1.54, 1.807) is 0 Å². The third-order valence-electron chi connectivity index (χ3n) is 4.84. The van der Waals surface area contributed by atoms with Crippen LogP contribution in [0.2, 0.25) is 0 Å². The van der Waals surface area contributed by atoms with Gasteiger partial charge in [0.05, 0.1) is 6.61 Å². The van der Waals surface area contributed by atoms with E-state index in [4.69, 9.17) is 4.74 Å². The fourth-order valence-electron chi connectivity index (χ4n) is 3.36. The summed E-state index contributed by atoms with van der Waals surface area (Å²) in [6.07, 6.45) is 0. The first-order valence-electron chi connectivity index (χ1n) is 9.38. The molecule has 1 fully saturated rings. The number of ether oxygens (including phenoxy) is 1. The predicted molar refractivity (Wildman–Crippen MR) is 105 cm³/mol. The van der Waals surface area contributed by atoms with Crippen LogP contribution in [-0.2, 0) is 0 Å². The maximum Gasteiger partial charge on any atom is 0.253 e. The smallest absolute Gasteiger partial charge is 0.253 e. The van der Waals surface area contributed by atoms with Crippen LogP contribution >= 0.6 is 0 Å². The maximum absolute atomic E-state index is 12.8. The number of hydrogen-bond donors (Lipinski definition) is 0. The second kappa shape index (κ2) is 8.25. The van der Waals surface area contributed by atoms with Gasteiger partial charge in [0.25, 0.3) is 11.8 Å². The summed E-state index contributed by atoms with van der Waals surface area (Å²) in [5.41, 5.74) is 3.39. The van der Waals surface area contributed by atoms with Crippen LogP contribution in [0.15, 0.2) is 42.5 Å². The van der Waals surface area contributed by atoms with Crippen LogP contribution in [0, 0.1) is 13.8 Å². The molecule has 5 heteroatoms. The molecule has 2 aromatic carbocycles. The van der Waals surface area contributed by atoms with Crippen molar-refractivity contribution >= 4 is 11.8 Å². The fourth-order valence-corrected chi connectivity index (χ4v) is 3.36. The van der Waals surface area contributed by atoms with Gasteiger partial charge in [0.15, 0.2) is 0 Å². The second-order valence-corrected chi connectivity index (χ2v) is 6.87. The number of amides is 2. The lowest BCUT2D eigenvalue weighted by Gasteiger charge is -2.35. The van der Waals surface area contributed by atoms with Crippen molar-refractivity contribution in [1.82, 2.24) is 9.80 Å². The van der Waals surface area contributed by atoms with Crippen LogP contribution in [0.4, 0.5) is 0 Å². The van der Waals surface area contributed by atoms with Crippen LogP contribution in [-0.4, -0.2) is 54.4 Å². The normalized spacial score (nSPS) is 14.2. The van der Waals surface area contributed by atoms with E-state index in [2.05, 4.69) is 0 Å². The minimum absolute atomic E-state index is 0.00352. The van der Waals surface area contributed by atoms with Crippen molar-refractivity contribution in [2.75, 3.05) is 32.8 Å². The van der Waals surface area contributed by atoms with E-state index in [1.165, 1.54) is 0 Å². The third kappa shape index (κ3) is 4.30. The van der Waals surface area contributed by atoms with Gasteiger partial charge in [-0.3, -0.25) is 9.59 Å². The van der Waals surface area contributed by atoms with Crippen molar-refractivity contribution in [2.45, 2.75) is 20.8 Å². The maximum atomic E-state index is 12.8. The Morgan fingerprint density at radius 2 is 1.48 bits per heavy atom. The van der Waals surface area contributed by atoms with Crippen LogP contribution in [0.5, 0.6) is 5.75 Å². The highest BCUT2D eigenvalue weighted by atomic mass is 16.5. The quantitative estimate of drug-likeness (QED) is 0.834. The summed E-state index contributed by atoms with van der Waals surface area (Å²) in [5, 5.41) is 0. The van der Waals surface area contributed by atoms with Gasteiger partial charge in [0.1, 0.15) is 5.75 Å². The molecule has 3 rings (SSSR count). The van der Waals surface area contributed by atoms with Crippen molar-refractivity contribution in [1.29, 1.82) is 0 Å². The van der Waals surface area contributed by atoms with Crippen LogP contribution in [0.25, 0.3) is 0 Å². The Hall–Kier alpha value is -2.82. The van der Waals surface area contributed by atoms with Crippen molar-refractivity contribution in [3.05, 3.63) is 64.7 Å². The zero-order valence-corrected chi connectivity index (χ0v) is 16.2. The van der Waals surface area contributed by atoms with Gasteiger partial charge in [0.2, 0.25) is 0 Å². The lowest BCUT2D eigenvalue weighted by Crippen LogP contribution is -2.50. The van der Waals surface area contributed by atoms with Crippen molar-refractivity contribution in [2.24, 2.45) is 0 Å². The minimum Gasteiger partial charge on any atom is -0.494 e. The molecular weight excluding hydrogens is 340 g/mol. The second-order valence-electron chi connectivity index (χ2n) is 6.87. The predicted octanol–water partition coefficient (Wildman–Crippen LogP) is 3.30. The van der Waals surface area contributed by atoms with Gasteiger partial charge in [-0.1, -0.05) is 17.7 Å². The van der Waals surface area contributed by atoms with Crippen LogP contribution in [0.3, 0.4) is 0 Å². The molecule has 0 N–H and O–H groups in total. The molecule has 0 aliphatic carbocycles. The zero-order valence-electron chi connectivity index (χ0n) is 16.2. The van der Waals surface area contributed by atoms with Crippen molar-refractivity contribution in [3.63, 3.8) is 0 Å². The Balaban J connectivity index is 1.62. The molecule has 27 heavy (non-hydrogen) atoms. The molecule has 5 nitrogen and oxygen atoms in total. The molecule has 0 unspecified atom stereocenters. The molecule has 2 aromatic rings. The fraction of sp³-hybridized carbons (Fsp3) is 0.364. The number of rotatable bonds is 4. The topological polar surface area (TPSA) is 49.9 Å². The Morgan fingerprint density at radius 3 is 2.00 bits per heavy atom. The third-order valence-corrected chi connectivity index (χ3v) is 4.84. The molecular formula is C22H26N2O3. The largest absolute Gasteiger partial charge is 0.494 e. The number of piperazine rings is 1. The monoisotopic (exact) mass is 366 g/mol. The van der Waals surface area contributed by atoms with Gasteiger partial charge in [0, 0.05) is 37.3 Å². The molecule has 142 valence electrons. The molecule has 1 aliphatic heterocycles. The molecule has 0 saturated carbocycles. The summed E-state index contributed by atoms with van der Waals surface area (Å²) < 4.78 is 5.54. The van der Waals surface area contributed by atoms with E-state index < -0.39 is 0 Å². The Kier molecular flexibility index (Phi) is 5.79. The van der Waals surface area contributed by atoms with E-state index >= 15 is 0 Å². The first-order valence-corrected chi connectivity index (χ1v) is 9.38. The van der Waals surface area contributed by atoms with Gasteiger partial charge in [-0.05, 0) is 56.7 Å². The summed E-state index contributed by atoms with van der Waals surface area (Å²) in [4.78, 5) is 29.1. The summed E-state index contributed by atoms with van der Waals surface area (Å²) in [5.74, 6) is 0.842. The van der Waals surface area contributed by atoms with E-state index in [-0.39, 0.29) is 11.8 Å². The summed E-state index contributed by atoms with van der Waals surface area (Å²) in [6.45, 7) is 8.65. The van der Waals surface area contributed by atoms with Gasteiger partial charge in [-0.2, -0.15) is 0 Å². The average Bonchev–Trinajstić information content (AvgIpc) is 2.68. The number of aryl methyl sites for hydroxylation is 2.